The maximum absolute atomic E-state index is 5.62. The first-order valence-corrected chi connectivity index (χ1v) is 14.0. The van der Waals surface area contributed by atoms with Crippen molar-refractivity contribution in [1.82, 2.24) is 0 Å². The third-order valence-electron chi connectivity index (χ3n) is 7.77. The number of hydrogen-bond donors (Lipinski definition) is 0. The maximum Gasteiger partial charge on any atom is 0.209 e. The molecule has 0 fully saturated rings. The van der Waals surface area contributed by atoms with Gasteiger partial charge in [0.2, 0.25) is 5.69 Å². The van der Waals surface area contributed by atoms with Crippen molar-refractivity contribution in [3.63, 3.8) is 0 Å². The van der Waals surface area contributed by atoms with Gasteiger partial charge in [0.25, 0.3) is 0 Å². The molecule has 3 rings (SSSR count). The van der Waals surface area contributed by atoms with E-state index in [1.54, 1.807) is 0 Å². The van der Waals surface area contributed by atoms with Crippen LogP contribution in [0.25, 0.3) is 0 Å². The molecule has 1 heterocycles. The number of rotatable bonds is 5. The van der Waals surface area contributed by atoms with Crippen LogP contribution < -0.4 is 5.46 Å². The molecule has 0 aliphatic carbocycles. The molecule has 2 aromatic rings. The molecule has 0 amide bonds. The minimum Gasteiger partial charge on any atom is -0.531 e. The molecule has 0 atom stereocenters. The standard InChI is InChI=1S/C33H51BN2/c1-21(2)26-16-15-17-27(22(3)4)29(26)36-30(32(11,12)20-33(36,13)14)34(35-31(8,9)10)28-24(6)18-23(5)19-25(28)7/h15-19,21-22H,20H2,1-14H3. The smallest absolute Gasteiger partial charge is 0.209 e. The SMILES string of the molecule is Cc1cc(C)c([B-](=NC(C)(C)C)C2=[N+](c3c(C(C)C)cccc3C(C)C)C(C)(C)CC2(C)C)c(C)c1. The Labute approximate surface area is 222 Å². The first-order chi connectivity index (χ1) is 16.4. The molecule has 0 aromatic heterocycles. The zero-order valence-electron chi connectivity index (χ0n) is 25.7. The van der Waals surface area contributed by atoms with Gasteiger partial charge in [-0.2, -0.15) is 5.46 Å². The van der Waals surface area contributed by atoms with Crippen molar-refractivity contribution in [3.8, 4) is 0 Å². The fourth-order valence-electron chi connectivity index (χ4n) is 6.84. The summed E-state index contributed by atoms with van der Waals surface area (Å²) < 4.78 is 2.75. The third-order valence-corrected chi connectivity index (χ3v) is 7.77. The predicted molar refractivity (Wildman–Crippen MR) is 160 cm³/mol. The average molecular weight is 487 g/mol. The van der Waals surface area contributed by atoms with Crippen LogP contribution >= 0.6 is 0 Å². The van der Waals surface area contributed by atoms with Crippen molar-refractivity contribution in [1.29, 1.82) is 0 Å². The van der Waals surface area contributed by atoms with Crippen molar-refractivity contribution in [2.24, 2.45) is 10.3 Å². The van der Waals surface area contributed by atoms with Gasteiger partial charge in [0.05, 0.1) is 6.51 Å². The molecule has 0 unspecified atom stereocenters. The Morgan fingerprint density at radius 1 is 0.861 bits per heavy atom. The van der Waals surface area contributed by atoms with Crippen LogP contribution in [0.5, 0.6) is 0 Å². The van der Waals surface area contributed by atoms with Crippen LogP contribution in [0, 0.1) is 26.2 Å². The van der Waals surface area contributed by atoms with E-state index in [9.17, 15) is 0 Å². The topological polar surface area (TPSA) is 15.4 Å². The molecule has 2 aromatic carbocycles. The van der Waals surface area contributed by atoms with Crippen LogP contribution in [0.2, 0.25) is 0 Å². The summed E-state index contributed by atoms with van der Waals surface area (Å²) in [4.78, 5) is 5.62. The largest absolute Gasteiger partial charge is 0.531 e. The first-order valence-electron chi connectivity index (χ1n) is 14.0. The second-order valence-electron chi connectivity index (χ2n) is 14.2. The zero-order valence-corrected chi connectivity index (χ0v) is 25.7. The van der Waals surface area contributed by atoms with E-state index >= 15 is 0 Å². The first kappa shape index (κ1) is 28.5. The lowest BCUT2D eigenvalue weighted by atomic mass is 9.50. The molecule has 0 saturated heterocycles. The van der Waals surface area contributed by atoms with Gasteiger partial charge in [-0.15, -0.1) is 0 Å². The lowest BCUT2D eigenvalue weighted by Gasteiger charge is -2.34. The molecule has 2 nitrogen and oxygen atoms in total. The fraction of sp³-hybridized carbons (Fsp3) is 0.606. The number of para-hydroxylation sites is 1. The Morgan fingerprint density at radius 2 is 1.33 bits per heavy atom. The quantitative estimate of drug-likeness (QED) is 0.297. The van der Waals surface area contributed by atoms with Crippen molar-refractivity contribution < 1.29 is 4.58 Å². The summed E-state index contributed by atoms with van der Waals surface area (Å²) >= 11 is 0. The van der Waals surface area contributed by atoms with E-state index in [2.05, 4.69) is 132 Å². The molecular formula is C33H51BN2. The molecule has 1 aliphatic rings. The Bertz CT molecular complexity index is 1170. The average Bonchev–Trinajstić information content (AvgIpc) is 2.87. The van der Waals surface area contributed by atoms with Gasteiger partial charge < -0.3 is 4.90 Å². The summed E-state index contributed by atoms with van der Waals surface area (Å²) in [6.45, 7) is 32.6. The zero-order chi connectivity index (χ0) is 27.4. The third kappa shape index (κ3) is 5.46. The second kappa shape index (κ2) is 9.69. The summed E-state index contributed by atoms with van der Waals surface area (Å²) in [5, 5.41) is 0. The summed E-state index contributed by atoms with van der Waals surface area (Å²) in [7, 11) is 0. The Kier molecular flexibility index (Phi) is 7.69. The van der Waals surface area contributed by atoms with E-state index in [1.807, 2.05) is 0 Å². The van der Waals surface area contributed by atoms with Crippen molar-refractivity contribution >= 4 is 23.3 Å². The monoisotopic (exact) mass is 486 g/mol. The van der Waals surface area contributed by atoms with Gasteiger partial charge in [0, 0.05) is 48.0 Å². The number of hydrogen-bond acceptors (Lipinski definition) is 1. The van der Waals surface area contributed by atoms with E-state index in [-0.39, 0.29) is 23.0 Å². The van der Waals surface area contributed by atoms with Crippen molar-refractivity contribution in [2.45, 2.75) is 126 Å². The van der Waals surface area contributed by atoms with Crippen LogP contribution in [0.15, 0.2) is 35.2 Å². The lowest BCUT2D eigenvalue weighted by Crippen LogP contribution is -2.45. The van der Waals surface area contributed by atoms with Gasteiger partial charge >= 0.3 is 0 Å². The highest BCUT2D eigenvalue weighted by Crippen LogP contribution is 2.47. The van der Waals surface area contributed by atoms with E-state index in [1.165, 1.54) is 44.6 Å². The molecule has 1 aliphatic heterocycles. The summed E-state index contributed by atoms with van der Waals surface area (Å²) in [5.41, 5.74) is 11.0. The molecular weight excluding hydrogens is 435 g/mol. The van der Waals surface area contributed by atoms with Crippen molar-refractivity contribution in [2.75, 3.05) is 0 Å². The van der Waals surface area contributed by atoms with Crippen molar-refractivity contribution in [3.05, 3.63) is 58.1 Å². The molecule has 0 N–H and O–H groups in total. The lowest BCUT2D eigenvalue weighted by molar-refractivity contribution is -0.515. The second-order valence-corrected chi connectivity index (χ2v) is 14.2. The molecule has 0 bridgehead atoms. The molecule has 0 saturated carbocycles. The highest BCUT2D eigenvalue weighted by atomic mass is 15.1. The summed E-state index contributed by atoms with van der Waals surface area (Å²) in [6.07, 6.45) is 1.10. The summed E-state index contributed by atoms with van der Waals surface area (Å²) in [5.74, 6) is 0.889. The van der Waals surface area contributed by atoms with E-state index < -0.39 is 0 Å². The van der Waals surface area contributed by atoms with Gasteiger partial charge in [-0.3, -0.25) is 0 Å². The number of nitrogens with zero attached hydrogens (tertiary/aromatic N) is 2. The minimum atomic E-state index is -0.158. The molecule has 36 heavy (non-hydrogen) atoms. The summed E-state index contributed by atoms with van der Waals surface area (Å²) in [6, 6.07) is 11.6. The van der Waals surface area contributed by atoms with Crippen LogP contribution in [-0.2, 0) is 0 Å². The van der Waals surface area contributed by atoms with Gasteiger partial charge in [-0.25, -0.2) is 4.58 Å². The molecule has 3 heteroatoms. The van der Waals surface area contributed by atoms with Crippen LogP contribution in [0.3, 0.4) is 0 Å². The number of aryl methyl sites for hydroxylation is 3. The highest BCUT2D eigenvalue weighted by molar-refractivity contribution is 6.93. The predicted octanol–water partition coefficient (Wildman–Crippen LogP) is 8.66. The Morgan fingerprint density at radius 3 is 1.75 bits per heavy atom. The van der Waals surface area contributed by atoms with Gasteiger partial charge in [0.15, 0.2) is 5.54 Å². The Balaban J connectivity index is 2.62. The van der Waals surface area contributed by atoms with Crippen LogP contribution in [0.1, 0.15) is 122 Å². The van der Waals surface area contributed by atoms with Crippen LogP contribution in [0.4, 0.5) is 5.69 Å². The van der Waals surface area contributed by atoms with Crippen LogP contribution in [-0.4, -0.2) is 27.8 Å². The minimum absolute atomic E-state index is 0.00241. The van der Waals surface area contributed by atoms with Gasteiger partial charge in [0.1, 0.15) is 0 Å². The van der Waals surface area contributed by atoms with E-state index in [0.29, 0.717) is 11.8 Å². The highest BCUT2D eigenvalue weighted by Gasteiger charge is 2.51. The Hall–Kier alpha value is -2.03. The van der Waals surface area contributed by atoms with E-state index in [0.717, 1.165) is 6.42 Å². The van der Waals surface area contributed by atoms with E-state index in [4.69, 9.17) is 4.90 Å². The fourth-order valence-corrected chi connectivity index (χ4v) is 6.84. The molecule has 0 spiro atoms. The molecule has 196 valence electrons. The van der Waals surface area contributed by atoms with Gasteiger partial charge in [-0.1, -0.05) is 88.6 Å². The number of benzene rings is 2. The van der Waals surface area contributed by atoms with Gasteiger partial charge in [-0.05, 0) is 53.4 Å². The molecule has 0 radical (unpaired) electrons. The maximum atomic E-state index is 5.62. The normalized spacial score (nSPS) is 18.1.